The van der Waals surface area contributed by atoms with Gasteiger partial charge in [-0.2, -0.15) is 0 Å². The largest absolute Gasteiger partial charge is 0.392 e. The van der Waals surface area contributed by atoms with Crippen LogP contribution >= 0.6 is 0 Å². The normalized spacial score (nSPS) is 13.8. The first-order chi connectivity index (χ1) is 7.97. The molecule has 0 radical (unpaired) electrons. The van der Waals surface area contributed by atoms with Crippen molar-refractivity contribution in [1.82, 2.24) is 0 Å². The third kappa shape index (κ3) is 6.88. The first-order valence-corrected chi connectivity index (χ1v) is 7.29. The maximum atomic E-state index is 9.60. The Labute approximate surface area is 108 Å². The molecule has 0 amide bonds. The highest BCUT2D eigenvalue weighted by Gasteiger charge is 2.20. The van der Waals surface area contributed by atoms with E-state index in [4.69, 9.17) is 0 Å². The monoisotopic (exact) mass is 240 g/mol. The molecular weight excluding hydrogens is 208 g/mol. The molecule has 1 nitrogen and oxygen atoms in total. The molecule has 0 fully saturated rings. The highest BCUT2D eigenvalue weighted by molar-refractivity contribution is 5.20. The van der Waals surface area contributed by atoms with Crippen molar-refractivity contribution in [1.29, 1.82) is 0 Å². The maximum absolute atomic E-state index is 9.60. The Kier molecular flexibility index (Phi) is 8.59. The molecule has 0 atom stereocenters. The Balaban J connectivity index is 4.74. The van der Waals surface area contributed by atoms with E-state index in [0.29, 0.717) is 0 Å². The fourth-order valence-electron chi connectivity index (χ4n) is 2.35. The van der Waals surface area contributed by atoms with Gasteiger partial charge in [0.05, 0.1) is 6.61 Å². The van der Waals surface area contributed by atoms with Crippen molar-refractivity contribution < 1.29 is 5.11 Å². The van der Waals surface area contributed by atoms with E-state index in [1.54, 1.807) is 0 Å². The van der Waals surface area contributed by atoms with Gasteiger partial charge in [-0.05, 0) is 36.7 Å². The fraction of sp³-hybridized carbons (Fsp3) is 0.875. The van der Waals surface area contributed by atoms with Gasteiger partial charge in [0.25, 0.3) is 0 Å². The molecule has 0 saturated carbocycles. The Hall–Kier alpha value is -0.300. The van der Waals surface area contributed by atoms with Gasteiger partial charge in [-0.1, -0.05) is 59.5 Å². The van der Waals surface area contributed by atoms with Crippen molar-refractivity contribution in [2.75, 3.05) is 6.61 Å². The van der Waals surface area contributed by atoms with Gasteiger partial charge in [-0.25, -0.2) is 0 Å². The fourth-order valence-corrected chi connectivity index (χ4v) is 2.35. The van der Waals surface area contributed by atoms with Gasteiger partial charge in [0.15, 0.2) is 0 Å². The smallest absolute Gasteiger partial charge is 0.0644 e. The summed E-state index contributed by atoms with van der Waals surface area (Å²) in [6, 6.07) is 0. The summed E-state index contributed by atoms with van der Waals surface area (Å²) in [5.41, 5.74) is 3.01. The van der Waals surface area contributed by atoms with Gasteiger partial charge < -0.3 is 5.11 Å². The Morgan fingerprint density at radius 3 is 1.88 bits per heavy atom. The average molecular weight is 240 g/mol. The molecule has 0 rings (SSSR count). The van der Waals surface area contributed by atoms with Gasteiger partial charge >= 0.3 is 0 Å². The molecule has 0 aromatic heterocycles. The van der Waals surface area contributed by atoms with Gasteiger partial charge in [0.1, 0.15) is 0 Å². The lowest BCUT2D eigenvalue weighted by atomic mass is 9.79. The molecule has 1 heteroatoms. The predicted molar refractivity (Wildman–Crippen MR) is 77.2 cm³/mol. The zero-order chi connectivity index (χ0) is 13.3. The molecule has 0 aromatic carbocycles. The van der Waals surface area contributed by atoms with Gasteiger partial charge in [-0.3, -0.25) is 0 Å². The summed E-state index contributed by atoms with van der Waals surface area (Å²) in [7, 11) is 0. The van der Waals surface area contributed by atoms with Crippen LogP contribution in [0.2, 0.25) is 0 Å². The molecule has 0 aromatic rings. The van der Waals surface area contributed by atoms with Gasteiger partial charge in [0, 0.05) is 0 Å². The third-order valence-electron chi connectivity index (χ3n) is 3.39. The molecule has 0 heterocycles. The number of aliphatic hydroxyl groups excluding tert-OH is 1. The Morgan fingerprint density at radius 1 is 0.882 bits per heavy atom. The van der Waals surface area contributed by atoms with E-state index in [-0.39, 0.29) is 12.0 Å². The molecular formula is C16H32O. The van der Waals surface area contributed by atoms with Crippen molar-refractivity contribution in [3.05, 3.63) is 11.1 Å². The number of aliphatic hydroxyl groups is 1. The second kappa shape index (κ2) is 8.74. The summed E-state index contributed by atoms with van der Waals surface area (Å²) in [6.45, 7) is 11.5. The van der Waals surface area contributed by atoms with Crippen LogP contribution in [0, 0.1) is 5.41 Å². The molecule has 0 aliphatic carbocycles. The van der Waals surface area contributed by atoms with Gasteiger partial charge in [-0.15, -0.1) is 0 Å². The predicted octanol–water partition coefficient (Wildman–Crippen LogP) is 5.09. The molecule has 0 spiro atoms. The summed E-state index contributed by atoms with van der Waals surface area (Å²) in [6.07, 6.45) is 8.45. The number of hydrogen-bond donors (Lipinski definition) is 1. The zero-order valence-corrected chi connectivity index (χ0v) is 12.6. The standard InChI is InChI=1S/C16H32O/c1-6-8-10-11-14(13-17)15(12-9-7-2)16(3,4)5/h17H,6-13H2,1-5H3/b15-14-. The van der Waals surface area contributed by atoms with Crippen LogP contribution in [-0.2, 0) is 0 Å². The lowest BCUT2D eigenvalue weighted by molar-refractivity contribution is 0.316. The summed E-state index contributed by atoms with van der Waals surface area (Å²) >= 11 is 0. The van der Waals surface area contributed by atoms with E-state index in [1.165, 1.54) is 43.3 Å². The van der Waals surface area contributed by atoms with E-state index >= 15 is 0 Å². The second-order valence-corrected chi connectivity index (χ2v) is 6.05. The molecule has 17 heavy (non-hydrogen) atoms. The first kappa shape index (κ1) is 16.7. The van der Waals surface area contributed by atoms with Crippen molar-refractivity contribution in [2.24, 2.45) is 5.41 Å². The first-order valence-electron chi connectivity index (χ1n) is 7.29. The topological polar surface area (TPSA) is 20.2 Å². The van der Waals surface area contributed by atoms with Crippen LogP contribution in [0.25, 0.3) is 0 Å². The van der Waals surface area contributed by atoms with E-state index in [2.05, 4.69) is 34.6 Å². The van der Waals surface area contributed by atoms with Crippen LogP contribution in [0.15, 0.2) is 11.1 Å². The SMILES string of the molecule is CCCCC/C(CO)=C(\CCCC)C(C)(C)C. The average Bonchev–Trinajstić information content (AvgIpc) is 2.25. The van der Waals surface area contributed by atoms with Crippen molar-refractivity contribution >= 4 is 0 Å². The van der Waals surface area contributed by atoms with E-state index < -0.39 is 0 Å². The number of allylic oxidation sites excluding steroid dienone is 1. The summed E-state index contributed by atoms with van der Waals surface area (Å²) in [5.74, 6) is 0. The van der Waals surface area contributed by atoms with Crippen LogP contribution in [0.5, 0.6) is 0 Å². The Morgan fingerprint density at radius 2 is 1.47 bits per heavy atom. The third-order valence-corrected chi connectivity index (χ3v) is 3.39. The van der Waals surface area contributed by atoms with Crippen molar-refractivity contribution in [2.45, 2.75) is 79.6 Å². The van der Waals surface area contributed by atoms with E-state index in [1.807, 2.05) is 0 Å². The van der Waals surface area contributed by atoms with Crippen molar-refractivity contribution in [3.63, 3.8) is 0 Å². The minimum Gasteiger partial charge on any atom is -0.392 e. The Bertz CT molecular complexity index is 220. The van der Waals surface area contributed by atoms with Crippen LogP contribution in [0.4, 0.5) is 0 Å². The summed E-state index contributed by atoms with van der Waals surface area (Å²) < 4.78 is 0. The molecule has 0 aliphatic rings. The summed E-state index contributed by atoms with van der Waals surface area (Å²) in [4.78, 5) is 0. The van der Waals surface area contributed by atoms with Gasteiger partial charge in [0.2, 0.25) is 0 Å². The second-order valence-electron chi connectivity index (χ2n) is 6.05. The lowest BCUT2D eigenvalue weighted by Crippen LogP contribution is -2.14. The van der Waals surface area contributed by atoms with Crippen molar-refractivity contribution in [3.8, 4) is 0 Å². The van der Waals surface area contributed by atoms with Crippen LogP contribution in [0.3, 0.4) is 0 Å². The minimum atomic E-state index is 0.208. The maximum Gasteiger partial charge on any atom is 0.0644 e. The molecule has 0 saturated heterocycles. The van der Waals surface area contributed by atoms with Crippen LogP contribution in [0.1, 0.15) is 79.6 Å². The quantitative estimate of drug-likeness (QED) is 0.463. The lowest BCUT2D eigenvalue weighted by Gasteiger charge is -2.27. The minimum absolute atomic E-state index is 0.208. The van der Waals surface area contributed by atoms with E-state index in [0.717, 1.165) is 12.8 Å². The van der Waals surface area contributed by atoms with E-state index in [9.17, 15) is 5.11 Å². The molecule has 0 unspecified atom stereocenters. The van der Waals surface area contributed by atoms with Crippen LogP contribution in [-0.4, -0.2) is 11.7 Å². The molecule has 0 bridgehead atoms. The highest BCUT2D eigenvalue weighted by atomic mass is 16.3. The number of rotatable bonds is 8. The molecule has 102 valence electrons. The highest BCUT2D eigenvalue weighted by Crippen LogP contribution is 2.33. The molecule has 0 aliphatic heterocycles. The molecule has 1 N–H and O–H groups in total. The number of hydrogen-bond acceptors (Lipinski definition) is 1. The summed E-state index contributed by atoms with van der Waals surface area (Å²) in [5, 5.41) is 9.60. The van der Waals surface area contributed by atoms with Crippen LogP contribution < -0.4 is 0 Å². The number of unbranched alkanes of at least 4 members (excludes halogenated alkanes) is 3. The zero-order valence-electron chi connectivity index (χ0n) is 12.6.